The highest BCUT2D eigenvalue weighted by atomic mass is 32.1. The van der Waals surface area contributed by atoms with E-state index in [-0.39, 0.29) is 0 Å². The molecule has 2 aromatic rings. The maximum Gasteiger partial charge on any atom is 0.161 e. The molecule has 0 aliphatic carbocycles. The number of hydrogen-bond donors (Lipinski definition) is 1. The third-order valence-electron chi connectivity index (χ3n) is 3.89. The van der Waals surface area contributed by atoms with Crippen LogP contribution in [0, 0.1) is 20.8 Å². The van der Waals surface area contributed by atoms with Gasteiger partial charge in [0.15, 0.2) is 11.5 Å². The highest BCUT2D eigenvalue weighted by molar-refractivity contribution is 7.80. The minimum Gasteiger partial charge on any atom is -0.490 e. The molecule has 134 valence electrons. The normalized spacial score (nSPS) is 10.4. The lowest BCUT2D eigenvalue weighted by molar-refractivity contribution is 0.207. The van der Waals surface area contributed by atoms with Crippen LogP contribution in [0.2, 0.25) is 0 Å². The van der Waals surface area contributed by atoms with Crippen molar-refractivity contribution in [3.05, 3.63) is 52.6 Å². The lowest BCUT2D eigenvalue weighted by Crippen LogP contribution is -2.12. The molecule has 0 saturated heterocycles. The molecule has 0 radical (unpaired) electrons. The summed E-state index contributed by atoms with van der Waals surface area (Å²) >= 11 is 5.00. The van der Waals surface area contributed by atoms with Gasteiger partial charge < -0.3 is 19.9 Å². The predicted octanol–water partition coefficient (Wildman–Crippen LogP) is 4.10. The second kappa shape index (κ2) is 8.72. The van der Waals surface area contributed by atoms with Gasteiger partial charge in [0.2, 0.25) is 0 Å². The Balaban J connectivity index is 1.99. The number of aryl methyl sites for hydroxylation is 2. The average molecular weight is 359 g/mol. The Morgan fingerprint density at radius 3 is 2.24 bits per heavy atom. The Kier molecular flexibility index (Phi) is 6.65. The number of thiocarbonyl (C=S) groups is 1. The monoisotopic (exact) mass is 359 g/mol. The predicted molar refractivity (Wildman–Crippen MR) is 105 cm³/mol. The van der Waals surface area contributed by atoms with Gasteiger partial charge in [0.25, 0.3) is 0 Å². The summed E-state index contributed by atoms with van der Waals surface area (Å²) in [4.78, 5) is 0.334. The molecule has 0 amide bonds. The van der Waals surface area contributed by atoms with Gasteiger partial charge in [-0.25, -0.2) is 0 Å². The standard InChI is InChI=1S/C20H25NO3S/c1-5-22-19-12-16(20(21)25)6-7-17(19)23-8-9-24-18-11-13(2)10-14(3)15(18)4/h6-7,10-12H,5,8-9H2,1-4H3,(H2,21,25). The average Bonchev–Trinajstić information content (AvgIpc) is 2.56. The zero-order valence-corrected chi connectivity index (χ0v) is 16.0. The fraction of sp³-hybridized carbons (Fsp3) is 0.350. The van der Waals surface area contributed by atoms with Crippen molar-refractivity contribution in [2.45, 2.75) is 27.7 Å². The van der Waals surface area contributed by atoms with E-state index < -0.39 is 0 Å². The number of rotatable bonds is 8. The van der Waals surface area contributed by atoms with Crippen molar-refractivity contribution < 1.29 is 14.2 Å². The van der Waals surface area contributed by atoms with E-state index in [0.29, 0.717) is 36.3 Å². The first kappa shape index (κ1) is 19.1. The summed E-state index contributed by atoms with van der Waals surface area (Å²) in [6.45, 7) is 9.54. The summed E-state index contributed by atoms with van der Waals surface area (Å²) in [6, 6.07) is 9.65. The topological polar surface area (TPSA) is 53.7 Å². The minimum absolute atomic E-state index is 0.334. The Bertz CT molecular complexity index is 759. The zero-order valence-electron chi connectivity index (χ0n) is 15.2. The maximum absolute atomic E-state index is 5.88. The van der Waals surface area contributed by atoms with Gasteiger partial charge in [0, 0.05) is 5.56 Å². The summed E-state index contributed by atoms with van der Waals surface area (Å²) in [5.41, 5.74) is 9.99. The summed E-state index contributed by atoms with van der Waals surface area (Å²) in [5.74, 6) is 2.19. The van der Waals surface area contributed by atoms with E-state index >= 15 is 0 Å². The van der Waals surface area contributed by atoms with E-state index in [4.69, 9.17) is 32.2 Å². The van der Waals surface area contributed by atoms with Crippen LogP contribution in [0.15, 0.2) is 30.3 Å². The van der Waals surface area contributed by atoms with Crippen LogP contribution in [0.3, 0.4) is 0 Å². The fourth-order valence-electron chi connectivity index (χ4n) is 2.50. The quantitative estimate of drug-likeness (QED) is 0.568. The molecule has 0 spiro atoms. The fourth-order valence-corrected chi connectivity index (χ4v) is 2.63. The van der Waals surface area contributed by atoms with Gasteiger partial charge in [0.05, 0.1) is 6.61 Å². The lowest BCUT2D eigenvalue weighted by atomic mass is 10.1. The van der Waals surface area contributed by atoms with Crippen molar-refractivity contribution in [1.29, 1.82) is 0 Å². The molecule has 0 saturated carbocycles. The Labute approximate surface area is 154 Å². The Hall–Kier alpha value is -2.27. The molecule has 0 bridgehead atoms. The Morgan fingerprint density at radius 2 is 1.60 bits per heavy atom. The first-order valence-electron chi connectivity index (χ1n) is 8.32. The van der Waals surface area contributed by atoms with Crippen LogP contribution in [0.4, 0.5) is 0 Å². The number of benzene rings is 2. The summed E-state index contributed by atoms with van der Waals surface area (Å²) in [5, 5.41) is 0. The van der Waals surface area contributed by atoms with E-state index in [0.717, 1.165) is 16.9 Å². The first-order valence-corrected chi connectivity index (χ1v) is 8.73. The van der Waals surface area contributed by atoms with Crippen LogP contribution in [-0.4, -0.2) is 24.8 Å². The van der Waals surface area contributed by atoms with E-state index in [1.165, 1.54) is 11.1 Å². The van der Waals surface area contributed by atoms with Crippen LogP contribution >= 0.6 is 12.2 Å². The highest BCUT2D eigenvalue weighted by Gasteiger charge is 2.09. The molecule has 0 aliphatic heterocycles. The van der Waals surface area contributed by atoms with E-state index in [1.807, 2.05) is 25.1 Å². The van der Waals surface area contributed by atoms with Crippen LogP contribution < -0.4 is 19.9 Å². The molecule has 0 aliphatic rings. The van der Waals surface area contributed by atoms with Crippen LogP contribution in [0.25, 0.3) is 0 Å². The van der Waals surface area contributed by atoms with Gasteiger partial charge >= 0.3 is 0 Å². The second-order valence-electron chi connectivity index (χ2n) is 5.86. The number of hydrogen-bond acceptors (Lipinski definition) is 4. The Morgan fingerprint density at radius 1 is 0.920 bits per heavy atom. The van der Waals surface area contributed by atoms with Gasteiger partial charge in [-0.05, 0) is 68.7 Å². The first-order chi connectivity index (χ1) is 11.9. The maximum atomic E-state index is 5.88. The van der Waals surface area contributed by atoms with E-state index in [1.54, 1.807) is 6.07 Å². The lowest BCUT2D eigenvalue weighted by Gasteiger charge is -2.15. The van der Waals surface area contributed by atoms with Crippen molar-refractivity contribution in [2.24, 2.45) is 5.73 Å². The smallest absolute Gasteiger partial charge is 0.161 e. The van der Waals surface area contributed by atoms with Gasteiger partial charge in [-0.1, -0.05) is 18.3 Å². The number of ether oxygens (including phenoxy) is 3. The largest absolute Gasteiger partial charge is 0.490 e. The molecule has 0 atom stereocenters. The summed E-state index contributed by atoms with van der Waals surface area (Å²) in [7, 11) is 0. The molecule has 25 heavy (non-hydrogen) atoms. The van der Waals surface area contributed by atoms with Crippen molar-refractivity contribution in [3.8, 4) is 17.2 Å². The van der Waals surface area contributed by atoms with Crippen molar-refractivity contribution in [2.75, 3.05) is 19.8 Å². The molecule has 4 nitrogen and oxygen atoms in total. The summed E-state index contributed by atoms with van der Waals surface area (Å²) in [6.07, 6.45) is 0. The third-order valence-corrected chi connectivity index (χ3v) is 4.13. The molecule has 2 rings (SSSR count). The highest BCUT2D eigenvalue weighted by Crippen LogP contribution is 2.29. The molecule has 0 aromatic heterocycles. The van der Waals surface area contributed by atoms with Gasteiger partial charge in [-0.3, -0.25) is 0 Å². The second-order valence-corrected chi connectivity index (χ2v) is 6.30. The molecule has 2 N–H and O–H groups in total. The van der Waals surface area contributed by atoms with Gasteiger partial charge in [-0.15, -0.1) is 0 Å². The molecule has 0 unspecified atom stereocenters. The van der Waals surface area contributed by atoms with Crippen LogP contribution in [0.5, 0.6) is 17.2 Å². The SMILES string of the molecule is CCOc1cc(C(N)=S)ccc1OCCOc1cc(C)cc(C)c1C. The third kappa shape index (κ3) is 5.10. The van der Waals surface area contributed by atoms with E-state index in [9.17, 15) is 0 Å². The zero-order chi connectivity index (χ0) is 18.4. The molecule has 0 fully saturated rings. The molecule has 0 heterocycles. The van der Waals surface area contributed by atoms with Crippen molar-refractivity contribution in [1.82, 2.24) is 0 Å². The van der Waals surface area contributed by atoms with Crippen molar-refractivity contribution in [3.63, 3.8) is 0 Å². The van der Waals surface area contributed by atoms with E-state index in [2.05, 4.69) is 26.8 Å². The summed E-state index contributed by atoms with van der Waals surface area (Å²) < 4.78 is 17.3. The molecule has 5 heteroatoms. The minimum atomic E-state index is 0.334. The molecule has 2 aromatic carbocycles. The van der Waals surface area contributed by atoms with Crippen molar-refractivity contribution >= 4 is 17.2 Å². The van der Waals surface area contributed by atoms with Crippen LogP contribution in [-0.2, 0) is 0 Å². The van der Waals surface area contributed by atoms with Crippen LogP contribution in [0.1, 0.15) is 29.2 Å². The molecular formula is C20H25NO3S. The van der Waals surface area contributed by atoms with Gasteiger partial charge in [-0.2, -0.15) is 0 Å². The molecular weight excluding hydrogens is 334 g/mol. The number of nitrogens with two attached hydrogens (primary N) is 1. The van der Waals surface area contributed by atoms with Gasteiger partial charge in [0.1, 0.15) is 24.0 Å².